The summed E-state index contributed by atoms with van der Waals surface area (Å²) in [5.41, 5.74) is 3.31. The lowest BCUT2D eigenvalue weighted by Gasteiger charge is -2.40. The SMILES string of the molecule is CN(C)C(=O)c1cc2cnc(Nc3ccc(N4CCN(C(=O)C5CCN(CC6CCN(c7ccc(C8CCC(=O)NC8=O)cn7)CC6)CC5)CC4)cn3)nc2n1C1CCCC1. The van der Waals surface area contributed by atoms with E-state index in [2.05, 4.69) is 45.9 Å². The Bertz CT molecular complexity index is 2210. The van der Waals surface area contributed by atoms with Gasteiger partial charge < -0.3 is 34.4 Å². The minimum absolute atomic E-state index is 0.0303. The Labute approximate surface area is 357 Å². The van der Waals surface area contributed by atoms with Gasteiger partial charge in [0.05, 0.1) is 17.8 Å². The molecule has 0 bridgehead atoms. The number of likely N-dealkylation sites (tertiary alicyclic amines) is 1. The highest BCUT2D eigenvalue weighted by Crippen LogP contribution is 2.35. The van der Waals surface area contributed by atoms with Gasteiger partial charge in [0.15, 0.2) is 0 Å². The topological polar surface area (TPSA) is 165 Å². The lowest BCUT2D eigenvalue weighted by molar-refractivity contribution is -0.137. The molecule has 1 aliphatic carbocycles. The van der Waals surface area contributed by atoms with Crippen LogP contribution in [0.3, 0.4) is 0 Å². The molecule has 1 unspecified atom stereocenters. The summed E-state index contributed by atoms with van der Waals surface area (Å²) >= 11 is 0. The van der Waals surface area contributed by atoms with Gasteiger partial charge in [-0.1, -0.05) is 18.9 Å². The molecule has 4 saturated heterocycles. The molecule has 4 aromatic rings. The number of anilines is 4. The summed E-state index contributed by atoms with van der Waals surface area (Å²) in [6, 6.07) is 10.1. The molecule has 9 rings (SSSR count). The number of carbonyl (C=O) groups is 4. The summed E-state index contributed by atoms with van der Waals surface area (Å²) in [7, 11) is 3.56. The smallest absolute Gasteiger partial charge is 0.270 e. The fraction of sp³-hybridized carbons (Fsp3) is 0.556. The second-order valence-corrected chi connectivity index (χ2v) is 17.8. The van der Waals surface area contributed by atoms with Crippen LogP contribution in [-0.4, -0.2) is 136 Å². The second kappa shape index (κ2) is 17.8. The van der Waals surface area contributed by atoms with E-state index >= 15 is 0 Å². The number of hydrogen-bond donors (Lipinski definition) is 2. The van der Waals surface area contributed by atoms with Gasteiger partial charge in [-0.3, -0.25) is 24.5 Å². The van der Waals surface area contributed by atoms with Crippen LogP contribution in [0.2, 0.25) is 0 Å². The van der Waals surface area contributed by atoms with Gasteiger partial charge in [0.2, 0.25) is 23.7 Å². The zero-order chi connectivity index (χ0) is 42.0. The number of piperidine rings is 3. The van der Waals surface area contributed by atoms with Crippen molar-refractivity contribution >= 4 is 57.9 Å². The Hall–Kier alpha value is -5.64. The molecule has 5 fully saturated rings. The van der Waals surface area contributed by atoms with E-state index in [1.54, 1.807) is 31.4 Å². The van der Waals surface area contributed by atoms with E-state index in [-0.39, 0.29) is 35.6 Å². The Morgan fingerprint density at radius 3 is 2.25 bits per heavy atom. The van der Waals surface area contributed by atoms with Crippen LogP contribution >= 0.6 is 0 Å². The summed E-state index contributed by atoms with van der Waals surface area (Å²) < 4.78 is 2.11. The second-order valence-electron chi connectivity index (χ2n) is 17.8. The highest BCUT2D eigenvalue weighted by molar-refractivity contribution is 6.01. The van der Waals surface area contributed by atoms with Crippen LogP contribution in [-0.2, 0) is 14.4 Å². The Balaban J connectivity index is 0.709. The van der Waals surface area contributed by atoms with E-state index in [1.807, 2.05) is 30.5 Å². The average Bonchev–Trinajstić information content (AvgIpc) is 3.95. The number of nitrogens with zero attached hydrogens (tertiary/aromatic N) is 10. The molecule has 61 heavy (non-hydrogen) atoms. The summed E-state index contributed by atoms with van der Waals surface area (Å²) in [4.78, 5) is 80.2. The molecule has 4 aromatic heterocycles. The minimum Gasteiger partial charge on any atom is -0.367 e. The first-order chi connectivity index (χ1) is 29.7. The van der Waals surface area contributed by atoms with E-state index in [0.29, 0.717) is 55.2 Å². The van der Waals surface area contributed by atoms with E-state index in [4.69, 9.17) is 15.0 Å². The van der Waals surface area contributed by atoms with Gasteiger partial charge in [0.1, 0.15) is 23.0 Å². The first-order valence-electron chi connectivity index (χ1n) is 22.3. The highest BCUT2D eigenvalue weighted by atomic mass is 16.2. The number of amides is 4. The number of hydrogen-bond acceptors (Lipinski definition) is 12. The predicted molar refractivity (Wildman–Crippen MR) is 233 cm³/mol. The molecule has 0 aromatic carbocycles. The van der Waals surface area contributed by atoms with Gasteiger partial charge in [0.25, 0.3) is 5.91 Å². The van der Waals surface area contributed by atoms with Gasteiger partial charge in [-0.05, 0) is 93.8 Å². The first kappa shape index (κ1) is 40.7. The molecule has 0 radical (unpaired) electrons. The highest BCUT2D eigenvalue weighted by Gasteiger charge is 2.33. The minimum atomic E-state index is -0.309. The third-order valence-electron chi connectivity index (χ3n) is 13.6. The molecule has 4 aliphatic heterocycles. The average molecular weight is 831 g/mol. The molecule has 2 N–H and O–H groups in total. The van der Waals surface area contributed by atoms with Gasteiger partial charge in [-0.15, -0.1) is 0 Å². The number of pyridine rings is 2. The van der Waals surface area contributed by atoms with Gasteiger partial charge in [-0.2, -0.15) is 4.98 Å². The van der Waals surface area contributed by atoms with Crippen molar-refractivity contribution in [2.75, 3.05) is 88.1 Å². The Morgan fingerprint density at radius 2 is 1.57 bits per heavy atom. The van der Waals surface area contributed by atoms with Crippen molar-refractivity contribution in [2.45, 2.75) is 76.2 Å². The molecular formula is C45H58N12O4. The van der Waals surface area contributed by atoms with E-state index in [0.717, 1.165) is 125 Å². The van der Waals surface area contributed by atoms with E-state index in [9.17, 15) is 19.2 Å². The van der Waals surface area contributed by atoms with E-state index in [1.165, 1.54) is 0 Å². The quantitative estimate of drug-likeness (QED) is 0.214. The van der Waals surface area contributed by atoms with Gasteiger partial charge in [-0.25, -0.2) is 15.0 Å². The van der Waals surface area contributed by atoms with Crippen LogP contribution in [0.25, 0.3) is 11.0 Å². The van der Waals surface area contributed by atoms with Crippen molar-refractivity contribution in [3.8, 4) is 0 Å². The lowest BCUT2D eigenvalue weighted by Crippen LogP contribution is -2.52. The first-order valence-corrected chi connectivity index (χ1v) is 22.3. The zero-order valence-electron chi connectivity index (χ0n) is 35.5. The van der Waals surface area contributed by atoms with Gasteiger partial charge >= 0.3 is 0 Å². The van der Waals surface area contributed by atoms with Crippen molar-refractivity contribution in [1.82, 2.24) is 44.5 Å². The maximum absolute atomic E-state index is 13.7. The number of rotatable bonds is 10. The molecule has 1 atom stereocenters. The fourth-order valence-corrected chi connectivity index (χ4v) is 10.1. The van der Waals surface area contributed by atoms with Crippen molar-refractivity contribution in [3.63, 3.8) is 0 Å². The normalized spacial score (nSPS) is 21.3. The standard InChI is InChI=1S/C45H58N12O4/c1-52(2)44(61)37-25-33-27-48-45(51-41(33)57(37)34-5-3-4-6-34)49-38-10-8-35(28-46-38)54-21-23-56(24-22-54)43(60)31-15-17-53(18-16-31)29-30-13-19-55(20-14-30)39-11-7-32(26-47-39)36-9-12-40(58)50-42(36)59/h7-8,10-11,25-28,30-31,34,36H,3-6,9,12-24,29H2,1-2H3,(H,50,58,59)(H,46,48,49,51). The molecule has 0 spiro atoms. The monoisotopic (exact) mass is 830 g/mol. The van der Waals surface area contributed by atoms with E-state index < -0.39 is 0 Å². The fourth-order valence-electron chi connectivity index (χ4n) is 10.1. The number of piperazine rings is 1. The Kier molecular flexibility index (Phi) is 11.9. The summed E-state index contributed by atoms with van der Waals surface area (Å²) in [6.07, 6.45) is 14.8. The van der Waals surface area contributed by atoms with Gasteiger partial charge in [0, 0.05) is 96.1 Å². The molecule has 5 aliphatic rings. The molecule has 1 saturated carbocycles. The van der Waals surface area contributed by atoms with Crippen molar-refractivity contribution in [3.05, 3.63) is 60.2 Å². The number of aromatic nitrogens is 5. The van der Waals surface area contributed by atoms with Crippen molar-refractivity contribution < 1.29 is 19.2 Å². The number of carbonyl (C=O) groups excluding carboxylic acids is 4. The van der Waals surface area contributed by atoms with Crippen LogP contribution < -0.4 is 20.4 Å². The third kappa shape index (κ3) is 8.91. The lowest BCUT2D eigenvalue weighted by atomic mass is 9.91. The van der Waals surface area contributed by atoms with Crippen LogP contribution in [0.5, 0.6) is 0 Å². The molecule has 4 amide bonds. The number of nitrogens with one attached hydrogen (secondary N) is 2. The summed E-state index contributed by atoms with van der Waals surface area (Å²) in [5.74, 6) is 2.28. The molecule has 8 heterocycles. The third-order valence-corrected chi connectivity index (χ3v) is 13.6. The molecule has 16 nitrogen and oxygen atoms in total. The molecular weight excluding hydrogens is 773 g/mol. The van der Waals surface area contributed by atoms with Crippen molar-refractivity contribution in [1.29, 1.82) is 0 Å². The van der Waals surface area contributed by atoms with Crippen LogP contribution in [0.4, 0.5) is 23.3 Å². The molecule has 322 valence electrons. The number of imide groups is 1. The Morgan fingerprint density at radius 1 is 0.803 bits per heavy atom. The summed E-state index contributed by atoms with van der Waals surface area (Å²) in [5, 5.41) is 6.56. The van der Waals surface area contributed by atoms with Crippen LogP contribution in [0.1, 0.15) is 92.2 Å². The zero-order valence-corrected chi connectivity index (χ0v) is 35.5. The van der Waals surface area contributed by atoms with Crippen molar-refractivity contribution in [2.24, 2.45) is 11.8 Å². The molecule has 16 heteroatoms. The number of fused-ring (bicyclic) bond motifs is 1. The maximum Gasteiger partial charge on any atom is 0.270 e. The predicted octanol–water partition coefficient (Wildman–Crippen LogP) is 4.58. The summed E-state index contributed by atoms with van der Waals surface area (Å²) in [6.45, 7) is 7.87. The largest absolute Gasteiger partial charge is 0.367 e. The van der Waals surface area contributed by atoms with Crippen LogP contribution in [0, 0.1) is 11.8 Å². The maximum atomic E-state index is 13.7. The van der Waals surface area contributed by atoms with Crippen LogP contribution in [0.15, 0.2) is 48.9 Å².